The van der Waals surface area contributed by atoms with E-state index in [4.69, 9.17) is 0 Å². The van der Waals surface area contributed by atoms with Gasteiger partial charge in [0, 0.05) is 43.4 Å². The van der Waals surface area contributed by atoms with E-state index in [0.29, 0.717) is 0 Å². The molecule has 4 heavy (non-hydrogen) atoms. The first-order chi connectivity index (χ1) is 0. The quantitative estimate of drug-likeness (QED) is 0.354. The maximum absolute atomic E-state index is 0. The molecule has 0 atom stereocenters. The molecule has 0 aromatic carbocycles. The summed E-state index contributed by atoms with van der Waals surface area (Å²) in [7, 11) is 0. The molecule has 0 aromatic rings. The zero-order valence-corrected chi connectivity index (χ0v) is 5.12. The third kappa shape index (κ3) is 10.2. The van der Waals surface area contributed by atoms with E-state index in [1.807, 2.05) is 0 Å². The van der Waals surface area contributed by atoms with E-state index < -0.39 is 0 Å². The smallest absolute Gasteiger partial charge is 0 e. The molecule has 4 heteroatoms. The normalized spacial score (nSPS) is 0. The molecular formula is H4O2Ti2. The average molecular weight is 132 g/mol. The van der Waals surface area contributed by atoms with Crippen LogP contribution in [0.5, 0.6) is 0 Å². The van der Waals surface area contributed by atoms with Crippen molar-refractivity contribution in [3.8, 4) is 0 Å². The Balaban J connectivity index is 0. The minimum atomic E-state index is 0. The first-order valence-corrected chi connectivity index (χ1v) is 0. The van der Waals surface area contributed by atoms with Gasteiger partial charge in [-0.1, -0.05) is 0 Å². The topological polar surface area (TPSA) is 63.0 Å². The molecule has 0 saturated heterocycles. The van der Waals surface area contributed by atoms with Gasteiger partial charge in [-0.2, -0.15) is 0 Å². The van der Waals surface area contributed by atoms with Crippen LogP contribution >= 0.6 is 0 Å². The van der Waals surface area contributed by atoms with Crippen LogP contribution in [0.25, 0.3) is 0 Å². The molecule has 0 saturated carbocycles. The van der Waals surface area contributed by atoms with E-state index in [0.717, 1.165) is 0 Å². The molecule has 0 bridgehead atoms. The molecule has 0 heterocycles. The van der Waals surface area contributed by atoms with Gasteiger partial charge >= 0.3 is 0 Å². The molecule has 0 aliphatic heterocycles. The summed E-state index contributed by atoms with van der Waals surface area (Å²) in [6.45, 7) is 0. The maximum atomic E-state index is 0. The van der Waals surface area contributed by atoms with Crippen LogP contribution in [0.2, 0.25) is 0 Å². The maximum Gasteiger partial charge on any atom is 0 e. The fourth-order valence-corrected chi connectivity index (χ4v) is 0. The molecular weight excluding hydrogens is 128 g/mol. The first kappa shape index (κ1) is 55.6. The summed E-state index contributed by atoms with van der Waals surface area (Å²) in [6.07, 6.45) is 0. The van der Waals surface area contributed by atoms with Crippen molar-refractivity contribution in [3.05, 3.63) is 0 Å². The van der Waals surface area contributed by atoms with Gasteiger partial charge in [0.2, 0.25) is 0 Å². The van der Waals surface area contributed by atoms with Crippen LogP contribution in [-0.4, -0.2) is 11.0 Å². The fourth-order valence-electron chi connectivity index (χ4n) is 0. The van der Waals surface area contributed by atoms with E-state index >= 15 is 0 Å². The Hall–Kier alpha value is 1.35. The number of hydrogen-bond acceptors (Lipinski definition) is 0. The monoisotopic (exact) mass is 132 g/mol. The van der Waals surface area contributed by atoms with Crippen LogP contribution in [0.1, 0.15) is 0 Å². The fraction of sp³-hybridized carbons (Fsp3) is 0. The second-order valence-electron chi connectivity index (χ2n) is 0. The predicted octanol–water partition coefficient (Wildman–Crippen LogP) is -1.65. The molecule has 2 nitrogen and oxygen atoms in total. The predicted molar refractivity (Wildman–Crippen MR) is 7.23 cm³/mol. The van der Waals surface area contributed by atoms with Crippen molar-refractivity contribution in [1.29, 1.82) is 0 Å². The molecule has 0 aliphatic carbocycles. The van der Waals surface area contributed by atoms with Gasteiger partial charge < -0.3 is 11.0 Å². The van der Waals surface area contributed by atoms with Crippen LogP contribution in [-0.2, 0) is 43.4 Å². The minimum Gasteiger partial charge on any atom is -0.412 e. The van der Waals surface area contributed by atoms with Gasteiger partial charge in [0.25, 0.3) is 0 Å². The van der Waals surface area contributed by atoms with Gasteiger partial charge in [-0.3, -0.25) is 0 Å². The zero-order chi connectivity index (χ0) is 0. The minimum absolute atomic E-state index is 0. The molecule has 0 amide bonds. The standard InChI is InChI=1S/2H2O.2Ti/h2*1H2;;. The number of hydrogen-bond donors (Lipinski definition) is 0. The van der Waals surface area contributed by atoms with Crippen LogP contribution in [0, 0.1) is 0 Å². The summed E-state index contributed by atoms with van der Waals surface area (Å²) in [5.74, 6) is 0. The van der Waals surface area contributed by atoms with Crippen LogP contribution < -0.4 is 0 Å². The Bertz CT molecular complexity index is 4.00. The first-order valence-electron chi connectivity index (χ1n) is 0. The van der Waals surface area contributed by atoms with Gasteiger partial charge in [0.1, 0.15) is 0 Å². The summed E-state index contributed by atoms with van der Waals surface area (Å²) in [5.41, 5.74) is 0. The molecule has 0 rings (SSSR count). The van der Waals surface area contributed by atoms with E-state index in [1.165, 1.54) is 0 Å². The summed E-state index contributed by atoms with van der Waals surface area (Å²) in [4.78, 5) is 0. The van der Waals surface area contributed by atoms with Crippen LogP contribution in [0.15, 0.2) is 0 Å². The molecule has 0 radical (unpaired) electrons. The van der Waals surface area contributed by atoms with Crippen molar-refractivity contribution in [2.45, 2.75) is 0 Å². The van der Waals surface area contributed by atoms with Crippen molar-refractivity contribution < 1.29 is 54.4 Å². The van der Waals surface area contributed by atoms with Crippen molar-refractivity contribution in [3.63, 3.8) is 0 Å². The largest absolute Gasteiger partial charge is 0.412 e. The molecule has 4 N–H and O–H groups in total. The number of rotatable bonds is 0. The Morgan fingerprint density at radius 2 is 0.500 bits per heavy atom. The average Bonchev–Trinajstić information content (AvgIpc) is 0. The van der Waals surface area contributed by atoms with Gasteiger partial charge in [-0.05, 0) is 0 Å². The van der Waals surface area contributed by atoms with Crippen molar-refractivity contribution in [1.82, 2.24) is 0 Å². The summed E-state index contributed by atoms with van der Waals surface area (Å²) in [6, 6.07) is 0. The molecule has 24 valence electrons. The molecule has 0 aliphatic rings. The third-order valence-electron chi connectivity index (χ3n) is 0. The zero-order valence-electron chi connectivity index (χ0n) is 2.00. The molecule has 0 fully saturated rings. The van der Waals surface area contributed by atoms with E-state index in [-0.39, 0.29) is 54.4 Å². The third-order valence-corrected chi connectivity index (χ3v) is 0. The summed E-state index contributed by atoms with van der Waals surface area (Å²) in [5, 5.41) is 0. The summed E-state index contributed by atoms with van der Waals surface area (Å²) >= 11 is 0. The molecule has 0 spiro atoms. The van der Waals surface area contributed by atoms with Crippen molar-refractivity contribution in [2.75, 3.05) is 0 Å². The van der Waals surface area contributed by atoms with E-state index in [1.54, 1.807) is 0 Å². The SMILES string of the molecule is O.O.[Ti].[Ti]. The van der Waals surface area contributed by atoms with Gasteiger partial charge in [-0.25, -0.2) is 0 Å². The molecule has 0 aromatic heterocycles. The van der Waals surface area contributed by atoms with Crippen molar-refractivity contribution >= 4 is 0 Å². The van der Waals surface area contributed by atoms with Crippen LogP contribution in [0.4, 0.5) is 0 Å². The van der Waals surface area contributed by atoms with Gasteiger partial charge in [0.15, 0.2) is 0 Å². The second kappa shape index (κ2) is 26.8. The molecule has 0 unspecified atom stereocenters. The Kier molecular flexibility index (Phi) is 373. The van der Waals surface area contributed by atoms with E-state index in [2.05, 4.69) is 0 Å². The van der Waals surface area contributed by atoms with Crippen LogP contribution in [0.3, 0.4) is 0 Å². The second-order valence-corrected chi connectivity index (χ2v) is 0. The Morgan fingerprint density at radius 3 is 0.500 bits per heavy atom. The van der Waals surface area contributed by atoms with Gasteiger partial charge in [0.05, 0.1) is 0 Å². The van der Waals surface area contributed by atoms with Crippen molar-refractivity contribution in [2.24, 2.45) is 0 Å². The van der Waals surface area contributed by atoms with E-state index in [9.17, 15) is 0 Å². The van der Waals surface area contributed by atoms with Gasteiger partial charge in [-0.15, -0.1) is 0 Å². The Morgan fingerprint density at radius 1 is 0.500 bits per heavy atom. The summed E-state index contributed by atoms with van der Waals surface area (Å²) < 4.78 is 0. The Labute approximate surface area is 54.3 Å².